The number of rotatable bonds is 5. The second-order valence-corrected chi connectivity index (χ2v) is 3.51. The predicted molar refractivity (Wildman–Crippen MR) is 63.2 cm³/mol. The fourth-order valence-electron chi connectivity index (χ4n) is 1.26. The molecule has 0 bridgehead atoms. The Balaban J connectivity index is 2.39. The molecule has 0 heterocycles. The molecule has 0 fully saturated rings. The van der Waals surface area contributed by atoms with Crippen molar-refractivity contribution in [3.63, 3.8) is 0 Å². The molecule has 14 heavy (non-hydrogen) atoms. The number of benzene rings is 1. The summed E-state index contributed by atoms with van der Waals surface area (Å²) in [5.74, 6) is 0. The van der Waals surface area contributed by atoms with Crippen LogP contribution in [-0.4, -0.2) is 12.6 Å². The maximum Gasteiger partial charge on any atom is 0.0224 e. The number of hydrogen-bond donors (Lipinski definition) is 1. The smallest absolute Gasteiger partial charge is 0.0224 e. The summed E-state index contributed by atoms with van der Waals surface area (Å²) in [5.41, 5.74) is 1.26. The summed E-state index contributed by atoms with van der Waals surface area (Å²) in [6, 6.07) is 10.8. The van der Waals surface area contributed by atoms with Gasteiger partial charge in [0.1, 0.15) is 0 Å². The first-order valence-corrected chi connectivity index (χ1v) is 5.29. The van der Waals surface area contributed by atoms with Gasteiger partial charge in [-0.15, -0.1) is 0 Å². The standard InChI is InChI=1S/C13H19N/c1-3-11-14-12(2)9-10-13-7-5-4-6-8-13/h4-10,12,14H,3,11H2,1-2H3/b10-9+. The van der Waals surface area contributed by atoms with Crippen LogP contribution < -0.4 is 5.32 Å². The summed E-state index contributed by atoms with van der Waals surface area (Å²) in [6.45, 7) is 5.44. The van der Waals surface area contributed by atoms with Gasteiger partial charge in [-0.3, -0.25) is 0 Å². The van der Waals surface area contributed by atoms with Crippen molar-refractivity contribution in [3.8, 4) is 0 Å². The molecule has 0 amide bonds. The molecule has 0 radical (unpaired) electrons. The molecule has 0 saturated heterocycles. The van der Waals surface area contributed by atoms with Crippen LogP contribution in [0.2, 0.25) is 0 Å². The van der Waals surface area contributed by atoms with Crippen molar-refractivity contribution < 1.29 is 0 Å². The van der Waals surface area contributed by atoms with Gasteiger partial charge >= 0.3 is 0 Å². The SMILES string of the molecule is CCCNC(C)/C=C/c1ccccc1. The average Bonchev–Trinajstić information content (AvgIpc) is 2.25. The third-order valence-electron chi connectivity index (χ3n) is 2.09. The molecule has 0 aliphatic rings. The molecule has 1 N–H and O–H groups in total. The second-order valence-electron chi connectivity index (χ2n) is 3.51. The topological polar surface area (TPSA) is 12.0 Å². The van der Waals surface area contributed by atoms with Crippen LogP contribution in [0.5, 0.6) is 0 Å². The Morgan fingerprint density at radius 2 is 2.00 bits per heavy atom. The molecule has 0 aliphatic heterocycles. The highest BCUT2D eigenvalue weighted by Gasteiger charge is 1.92. The first-order chi connectivity index (χ1) is 6.83. The highest BCUT2D eigenvalue weighted by atomic mass is 14.9. The highest BCUT2D eigenvalue weighted by Crippen LogP contribution is 2.01. The summed E-state index contributed by atoms with van der Waals surface area (Å²) in [7, 11) is 0. The van der Waals surface area contributed by atoms with E-state index in [9.17, 15) is 0 Å². The quantitative estimate of drug-likeness (QED) is 0.750. The molecular weight excluding hydrogens is 170 g/mol. The maximum absolute atomic E-state index is 3.42. The van der Waals surface area contributed by atoms with E-state index in [1.165, 1.54) is 12.0 Å². The van der Waals surface area contributed by atoms with E-state index in [2.05, 4.69) is 55.6 Å². The lowest BCUT2D eigenvalue weighted by atomic mass is 10.2. The molecule has 0 aromatic heterocycles. The van der Waals surface area contributed by atoms with Gasteiger partial charge in [-0.25, -0.2) is 0 Å². The fraction of sp³-hybridized carbons (Fsp3) is 0.385. The van der Waals surface area contributed by atoms with Crippen LogP contribution >= 0.6 is 0 Å². The van der Waals surface area contributed by atoms with Gasteiger partial charge in [-0.2, -0.15) is 0 Å². The van der Waals surface area contributed by atoms with E-state index in [0.717, 1.165) is 6.54 Å². The molecule has 1 rings (SSSR count). The van der Waals surface area contributed by atoms with Gasteiger partial charge in [0.05, 0.1) is 0 Å². The van der Waals surface area contributed by atoms with Gasteiger partial charge in [0.2, 0.25) is 0 Å². The first-order valence-electron chi connectivity index (χ1n) is 5.29. The van der Waals surface area contributed by atoms with Gasteiger partial charge < -0.3 is 5.32 Å². The van der Waals surface area contributed by atoms with Crippen LogP contribution in [0.25, 0.3) is 6.08 Å². The van der Waals surface area contributed by atoms with Crippen LogP contribution in [0.3, 0.4) is 0 Å². The predicted octanol–water partition coefficient (Wildman–Crippen LogP) is 3.09. The van der Waals surface area contributed by atoms with Crippen molar-refractivity contribution >= 4 is 6.08 Å². The Morgan fingerprint density at radius 3 is 2.64 bits per heavy atom. The van der Waals surface area contributed by atoms with Gasteiger partial charge in [0.25, 0.3) is 0 Å². The van der Waals surface area contributed by atoms with E-state index in [-0.39, 0.29) is 0 Å². The summed E-state index contributed by atoms with van der Waals surface area (Å²) in [5, 5.41) is 3.42. The Hall–Kier alpha value is -1.08. The van der Waals surface area contributed by atoms with Crippen molar-refractivity contribution in [1.82, 2.24) is 5.32 Å². The van der Waals surface area contributed by atoms with Crippen LogP contribution in [0, 0.1) is 0 Å². The lowest BCUT2D eigenvalue weighted by molar-refractivity contribution is 0.625. The second kappa shape index (κ2) is 6.39. The molecule has 0 aliphatic carbocycles. The molecule has 1 atom stereocenters. The van der Waals surface area contributed by atoms with Crippen molar-refractivity contribution in [2.75, 3.05) is 6.54 Å². The molecule has 1 heteroatoms. The molecule has 1 aromatic rings. The lowest BCUT2D eigenvalue weighted by Crippen LogP contribution is -2.24. The molecule has 1 unspecified atom stereocenters. The fourth-order valence-corrected chi connectivity index (χ4v) is 1.26. The monoisotopic (exact) mass is 189 g/mol. The molecule has 0 spiro atoms. The maximum atomic E-state index is 3.42. The van der Waals surface area contributed by atoms with E-state index in [1.807, 2.05) is 6.07 Å². The zero-order chi connectivity index (χ0) is 10.2. The van der Waals surface area contributed by atoms with E-state index in [1.54, 1.807) is 0 Å². The minimum atomic E-state index is 0.454. The van der Waals surface area contributed by atoms with E-state index < -0.39 is 0 Å². The van der Waals surface area contributed by atoms with Gasteiger partial charge in [-0.05, 0) is 25.5 Å². The Bertz CT molecular complexity index is 264. The van der Waals surface area contributed by atoms with Crippen LogP contribution in [0.1, 0.15) is 25.8 Å². The zero-order valence-corrected chi connectivity index (χ0v) is 9.03. The highest BCUT2D eigenvalue weighted by molar-refractivity contribution is 5.49. The number of nitrogens with one attached hydrogen (secondary N) is 1. The van der Waals surface area contributed by atoms with E-state index in [0.29, 0.717) is 6.04 Å². The van der Waals surface area contributed by atoms with Gasteiger partial charge in [-0.1, -0.05) is 49.4 Å². The minimum absolute atomic E-state index is 0.454. The first kappa shape index (κ1) is 11.0. The number of hydrogen-bond acceptors (Lipinski definition) is 1. The largest absolute Gasteiger partial charge is 0.311 e. The Labute approximate surface area is 86.8 Å². The van der Waals surface area contributed by atoms with Crippen LogP contribution in [0.4, 0.5) is 0 Å². The summed E-state index contributed by atoms with van der Waals surface area (Å²) in [6.07, 6.45) is 5.54. The van der Waals surface area contributed by atoms with Crippen LogP contribution in [0.15, 0.2) is 36.4 Å². The molecule has 76 valence electrons. The summed E-state index contributed by atoms with van der Waals surface area (Å²) >= 11 is 0. The average molecular weight is 189 g/mol. The molecule has 1 aromatic carbocycles. The van der Waals surface area contributed by atoms with Gasteiger partial charge in [0.15, 0.2) is 0 Å². The third kappa shape index (κ3) is 4.24. The van der Waals surface area contributed by atoms with E-state index >= 15 is 0 Å². The molecule has 1 nitrogen and oxygen atoms in total. The van der Waals surface area contributed by atoms with Crippen molar-refractivity contribution in [3.05, 3.63) is 42.0 Å². The summed E-state index contributed by atoms with van der Waals surface area (Å²) < 4.78 is 0. The van der Waals surface area contributed by atoms with E-state index in [4.69, 9.17) is 0 Å². The normalized spacial score (nSPS) is 13.3. The van der Waals surface area contributed by atoms with Gasteiger partial charge in [0, 0.05) is 6.04 Å². The molecule has 0 saturated carbocycles. The van der Waals surface area contributed by atoms with Crippen molar-refractivity contribution in [2.24, 2.45) is 0 Å². The molecular formula is C13H19N. The summed E-state index contributed by atoms with van der Waals surface area (Å²) in [4.78, 5) is 0. The third-order valence-corrected chi connectivity index (χ3v) is 2.09. The lowest BCUT2D eigenvalue weighted by Gasteiger charge is -2.07. The zero-order valence-electron chi connectivity index (χ0n) is 9.03. The van der Waals surface area contributed by atoms with Crippen LogP contribution in [-0.2, 0) is 0 Å². The Kier molecular flexibility index (Phi) is 5.02. The van der Waals surface area contributed by atoms with Crippen molar-refractivity contribution in [2.45, 2.75) is 26.3 Å². The van der Waals surface area contributed by atoms with Crippen molar-refractivity contribution in [1.29, 1.82) is 0 Å². The Morgan fingerprint density at radius 1 is 1.29 bits per heavy atom. The minimum Gasteiger partial charge on any atom is -0.311 e.